The van der Waals surface area contributed by atoms with Gasteiger partial charge in [-0.3, -0.25) is 0 Å². The van der Waals surface area contributed by atoms with Gasteiger partial charge in [0.2, 0.25) is 0 Å². The van der Waals surface area contributed by atoms with E-state index < -0.39 is 0 Å². The first-order chi connectivity index (χ1) is 13.3. The van der Waals surface area contributed by atoms with Crippen LogP contribution in [0.5, 0.6) is 0 Å². The van der Waals surface area contributed by atoms with Crippen LogP contribution in [0.3, 0.4) is 0 Å². The summed E-state index contributed by atoms with van der Waals surface area (Å²) in [5, 5.41) is 8.28. The van der Waals surface area contributed by atoms with Gasteiger partial charge in [0.25, 0.3) is 0 Å². The molecule has 6 heteroatoms. The molecule has 156 valence electrons. The van der Waals surface area contributed by atoms with Gasteiger partial charge in [0.1, 0.15) is 5.00 Å². The van der Waals surface area contributed by atoms with Crippen LogP contribution in [0.2, 0.25) is 0 Å². The first-order valence-electron chi connectivity index (χ1n) is 10.7. The number of esters is 1. The van der Waals surface area contributed by atoms with Gasteiger partial charge in [-0.05, 0) is 68.1 Å². The maximum absolute atomic E-state index is 12.7. The van der Waals surface area contributed by atoms with Crippen molar-refractivity contribution in [2.75, 3.05) is 11.9 Å². The molecule has 28 heavy (non-hydrogen) atoms. The molecule has 1 aromatic rings. The number of hydrogen-bond acceptors (Lipinski definition) is 4. The molecule has 2 aliphatic rings. The number of rotatable bonds is 4. The van der Waals surface area contributed by atoms with E-state index in [-0.39, 0.29) is 11.4 Å². The third-order valence-corrected chi connectivity index (χ3v) is 7.53. The summed E-state index contributed by atoms with van der Waals surface area (Å²) in [4.78, 5) is 14.0. The number of carbonyl (C=O) groups is 1. The lowest BCUT2D eigenvalue weighted by Gasteiger charge is -2.33. The summed E-state index contributed by atoms with van der Waals surface area (Å²) in [6.45, 7) is 9.17. The van der Waals surface area contributed by atoms with E-state index in [1.54, 1.807) is 11.3 Å². The van der Waals surface area contributed by atoms with E-state index in [9.17, 15) is 4.79 Å². The Hall–Kier alpha value is -1.14. The van der Waals surface area contributed by atoms with Crippen LogP contribution >= 0.6 is 23.6 Å². The maximum Gasteiger partial charge on any atom is 0.341 e. The lowest BCUT2D eigenvalue weighted by atomic mass is 9.72. The van der Waals surface area contributed by atoms with Crippen LogP contribution in [-0.4, -0.2) is 23.7 Å². The van der Waals surface area contributed by atoms with Gasteiger partial charge in [-0.2, -0.15) is 0 Å². The van der Waals surface area contributed by atoms with E-state index in [4.69, 9.17) is 17.0 Å². The first-order valence-corrected chi connectivity index (χ1v) is 11.9. The van der Waals surface area contributed by atoms with Crippen LogP contribution < -0.4 is 10.6 Å². The summed E-state index contributed by atoms with van der Waals surface area (Å²) in [5.74, 6) is 0.408. The zero-order valence-corrected chi connectivity index (χ0v) is 19.3. The SMILES string of the molecule is CCOC(=O)c1c(NC(=S)NC2CCCCC2)sc2c1CC[C@H](C(C)(C)C)C2. The minimum absolute atomic E-state index is 0.225. The molecule has 1 saturated carbocycles. The maximum atomic E-state index is 12.7. The van der Waals surface area contributed by atoms with Crippen LogP contribution in [0.15, 0.2) is 0 Å². The highest BCUT2D eigenvalue weighted by molar-refractivity contribution is 7.80. The average molecular weight is 423 g/mol. The van der Waals surface area contributed by atoms with Gasteiger partial charge in [0, 0.05) is 10.9 Å². The molecule has 1 fully saturated rings. The number of ether oxygens (including phenoxy) is 1. The van der Waals surface area contributed by atoms with Gasteiger partial charge in [-0.15, -0.1) is 11.3 Å². The van der Waals surface area contributed by atoms with E-state index in [1.807, 2.05) is 6.92 Å². The lowest BCUT2D eigenvalue weighted by Crippen LogP contribution is -2.38. The van der Waals surface area contributed by atoms with Gasteiger partial charge in [-0.1, -0.05) is 40.0 Å². The summed E-state index contributed by atoms with van der Waals surface area (Å²) >= 11 is 7.27. The Balaban J connectivity index is 1.80. The van der Waals surface area contributed by atoms with Gasteiger partial charge in [0.05, 0.1) is 12.2 Å². The Morgan fingerprint density at radius 3 is 2.57 bits per heavy atom. The van der Waals surface area contributed by atoms with Crippen molar-refractivity contribution in [2.24, 2.45) is 11.3 Å². The van der Waals surface area contributed by atoms with Crippen molar-refractivity contribution in [2.45, 2.75) is 85.1 Å². The molecule has 1 heterocycles. The number of hydrogen-bond donors (Lipinski definition) is 2. The quantitative estimate of drug-likeness (QED) is 0.482. The largest absolute Gasteiger partial charge is 0.462 e. The van der Waals surface area contributed by atoms with Gasteiger partial charge < -0.3 is 15.4 Å². The highest BCUT2D eigenvalue weighted by Crippen LogP contribution is 2.44. The standard InChI is InChI=1S/C22H34N2O2S2/c1-5-26-20(25)18-16-12-11-14(22(2,3)4)13-17(16)28-19(18)24-21(27)23-15-9-7-6-8-10-15/h14-15H,5-13H2,1-4H3,(H2,23,24,27)/t14-/m0/s1. The van der Waals surface area contributed by atoms with Crippen molar-refractivity contribution in [3.05, 3.63) is 16.0 Å². The van der Waals surface area contributed by atoms with Crippen molar-refractivity contribution >= 4 is 39.6 Å². The second-order valence-electron chi connectivity index (χ2n) is 9.17. The molecule has 2 aliphatic carbocycles. The summed E-state index contributed by atoms with van der Waals surface area (Å²) in [5.41, 5.74) is 2.16. The minimum Gasteiger partial charge on any atom is -0.462 e. The first kappa shape index (κ1) is 21.6. The van der Waals surface area contributed by atoms with Crippen LogP contribution in [0.25, 0.3) is 0 Å². The Kier molecular flexibility index (Phi) is 7.02. The summed E-state index contributed by atoms with van der Waals surface area (Å²) < 4.78 is 5.38. The second-order valence-corrected chi connectivity index (χ2v) is 10.7. The normalized spacial score (nSPS) is 20.4. The second kappa shape index (κ2) is 9.12. The summed E-state index contributed by atoms with van der Waals surface area (Å²) in [6.07, 6.45) is 9.25. The number of nitrogens with one attached hydrogen (secondary N) is 2. The Bertz CT molecular complexity index is 715. The molecule has 2 N–H and O–H groups in total. The fourth-order valence-electron chi connectivity index (χ4n) is 4.40. The predicted molar refractivity (Wildman–Crippen MR) is 121 cm³/mol. The van der Waals surface area contributed by atoms with E-state index in [1.165, 1.54) is 42.5 Å². The topological polar surface area (TPSA) is 50.4 Å². The molecule has 4 nitrogen and oxygen atoms in total. The molecule has 0 aliphatic heterocycles. The van der Waals surface area contributed by atoms with Crippen molar-refractivity contribution in [1.82, 2.24) is 5.32 Å². The molecule has 1 aromatic heterocycles. The van der Waals surface area contributed by atoms with E-state index in [2.05, 4.69) is 31.4 Å². The van der Waals surface area contributed by atoms with Gasteiger partial charge >= 0.3 is 5.97 Å². The van der Waals surface area contributed by atoms with Crippen molar-refractivity contribution in [1.29, 1.82) is 0 Å². The number of carbonyl (C=O) groups excluding carboxylic acids is 1. The molecular formula is C22H34N2O2S2. The highest BCUT2D eigenvalue weighted by atomic mass is 32.1. The van der Waals surface area contributed by atoms with Crippen molar-refractivity contribution in [3.63, 3.8) is 0 Å². The highest BCUT2D eigenvalue weighted by Gasteiger charge is 2.34. The number of anilines is 1. The number of fused-ring (bicyclic) bond motifs is 1. The number of thiophene rings is 1. The predicted octanol–water partition coefficient (Wildman–Crippen LogP) is 5.69. The van der Waals surface area contributed by atoms with Crippen molar-refractivity contribution < 1.29 is 9.53 Å². The van der Waals surface area contributed by atoms with Gasteiger partial charge in [-0.25, -0.2) is 4.79 Å². The molecule has 0 spiro atoms. The lowest BCUT2D eigenvalue weighted by molar-refractivity contribution is 0.0526. The van der Waals surface area contributed by atoms with E-state index in [0.29, 0.717) is 29.2 Å². The molecule has 0 aromatic carbocycles. The third kappa shape index (κ3) is 5.07. The zero-order valence-electron chi connectivity index (χ0n) is 17.7. The van der Waals surface area contributed by atoms with Gasteiger partial charge in [0.15, 0.2) is 5.11 Å². The molecule has 1 atom stereocenters. The average Bonchev–Trinajstić information content (AvgIpc) is 2.98. The molecular weight excluding hydrogens is 388 g/mol. The monoisotopic (exact) mass is 422 g/mol. The third-order valence-electron chi connectivity index (χ3n) is 6.14. The van der Waals surface area contributed by atoms with Crippen LogP contribution in [0.1, 0.15) is 87.0 Å². The smallest absolute Gasteiger partial charge is 0.341 e. The fraction of sp³-hybridized carbons (Fsp3) is 0.727. The fourth-order valence-corrected chi connectivity index (χ4v) is 6.06. The Morgan fingerprint density at radius 1 is 1.21 bits per heavy atom. The van der Waals surface area contributed by atoms with Crippen molar-refractivity contribution in [3.8, 4) is 0 Å². The minimum atomic E-state index is -0.225. The molecule has 0 unspecified atom stereocenters. The molecule has 3 rings (SSSR count). The number of thiocarbonyl (C=S) groups is 1. The Labute approximate surface area is 178 Å². The van der Waals surface area contributed by atoms with Crippen LogP contribution in [0, 0.1) is 11.3 Å². The van der Waals surface area contributed by atoms with Crippen LogP contribution in [-0.2, 0) is 17.6 Å². The molecule has 0 radical (unpaired) electrons. The summed E-state index contributed by atoms with van der Waals surface area (Å²) in [7, 11) is 0. The zero-order chi connectivity index (χ0) is 20.3. The van der Waals surface area contributed by atoms with E-state index in [0.717, 1.165) is 24.3 Å². The molecule has 0 amide bonds. The van der Waals surface area contributed by atoms with Crippen LogP contribution in [0.4, 0.5) is 5.00 Å². The molecule has 0 bridgehead atoms. The molecule has 0 saturated heterocycles. The summed E-state index contributed by atoms with van der Waals surface area (Å²) in [6, 6.07) is 0.444. The van der Waals surface area contributed by atoms with E-state index >= 15 is 0 Å². The Morgan fingerprint density at radius 2 is 1.93 bits per heavy atom.